The molecule has 0 aliphatic carbocycles. The zero-order valence-electron chi connectivity index (χ0n) is 55.4. The molecular weight excluding hydrogens is 1050 g/mol. The number of allylic oxidation sites excluding steroid dienone is 1. The van der Waals surface area contributed by atoms with Gasteiger partial charge in [-0.05, 0) is 32.1 Å². The lowest BCUT2D eigenvalue weighted by molar-refractivity contribution is -0.302. The molecule has 0 aromatic rings. The average Bonchev–Trinajstić information content (AvgIpc) is 3.59. The minimum absolute atomic E-state index is 0.0161. The summed E-state index contributed by atoms with van der Waals surface area (Å²) in [6.07, 6.45) is 68.1. The van der Waals surface area contributed by atoms with Gasteiger partial charge < -0.3 is 45.1 Å². The fraction of sp³-hybridized carbons (Fsp3) is 0.945. The molecule has 1 saturated heterocycles. The fourth-order valence-corrected chi connectivity index (χ4v) is 12.1. The second-order valence-corrected chi connectivity index (χ2v) is 26.0. The number of hydrogen-bond donors (Lipinski definition) is 6. The predicted octanol–water partition coefficient (Wildman–Crippen LogP) is 19.0. The average molecular weight is 1190 g/mol. The number of aliphatic hydroxyl groups excluding tert-OH is 5. The van der Waals surface area contributed by atoms with Crippen molar-refractivity contribution in [2.45, 2.75) is 423 Å². The SMILES string of the molecule is CCCCCCCCC/C=C/C(O)C(COC1OC(CO)C(O)C(O)C1O)NC(=O)CCCCCCCCCCCCCCCCCCCCCCCCCCCCCCCOC(=O)CCCCCCCCCCCCCCCCCCCC. The Labute approximate surface area is 519 Å². The summed E-state index contributed by atoms with van der Waals surface area (Å²) >= 11 is 0. The quantitative estimate of drug-likeness (QED) is 0.0195. The molecule has 1 rings (SSSR count). The third kappa shape index (κ3) is 51.3. The van der Waals surface area contributed by atoms with Gasteiger partial charge in [0.15, 0.2) is 6.29 Å². The molecule has 1 fully saturated rings. The molecule has 7 atom stereocenters. The van der Waals surface area contributed by atoms with Crippen molar-refractivity contribution in [3.8, 4) is 0 Å². The first-order valence-corrected chi connectivity index (χ1v) is 37.0. The van der Waals surface area contributed by atoms with Crippen LogP contribution in [0.1, 0.15) is 380 Å². The number of ether oxygens (including phenoxy) is 3. The molecule has 1 aliphatic heterocycles. The third-order valence-corrected chi connectivity index (χ3v) is 17.9. The Bertz CT molecular complexity index is 1400. The van der Waals surface area contributed by atoms with Crippen LogP contribution in [0.5, 0.6) is 0 Å². The van der Waals surface area contributed by atoms with Crippen LogP contribution in [0, 0.1) is 0 Å². The van der Waals surface area contributed by atoms with E-state index in [4.69, 9.17) is 14.2 Å². The number of rotatable bonds is 66. The lowest BCUT2D eigenvalue weighted by Gasteiger charge is -2.40. The normalized spacial score (nSPS) is 18.0. The molecule has 11 heteroatoms. The molecule has 1 amide bonds. The van der Waals surface area contributed by atoms with E-state index < -0.39 is 49.5 Å². The summed E-state index contributed by atoms with van der Waals surface area (Å²) in [5.41, 5.74) is 0. The molecule has 0 aromatic carbocycles. The van der Waals surface area contributed by atoms with Gasteiger partial charge in [0, 0.05) is 12.8 Å². The second-order valence-electron chi connectivity index (χ2n) is 26.0. The van der Waals surface area contributed by atoms with Gasteiger partial charge in [-0.15, -0.1) is 0 Å². The highest BCUT2D eigenvalue weighted by atomic mass is 16.7. The van der Waals surface area contributed by atoms with Gasteiger partial charge in [-0.1, -0.05) is 347 Å². The van der Waals surface area contributed by atoms with Gasteiger partial charge in [-0.3, -0.25) is 9.59 Å². The lowest BCUT2D eigenvalue weighted by Crippen LogP contribution is -2.60. The highest BCUT2D eigenvalue weighted by Crippen LogP contribution is 2.24. The smallest absolute Gasteiger partial charge is 0.305 e. The van der Waals surface area contributed by atoms with Gasteiger partial charge in [0.25, 0.3) is 0 Å². The number of hydrogen-bond acceptors (Lipinski definition) is 10. The monoisotopic (exact) mass is 1190 g/mol. The number of nitrogens with one attached hydrogen (secondary N) is 1. The van der Waals surface area contributed by atoms with Crippen LogP contribution in [-0.2, 0) is 23.8 Å². The maximum Gasteiger partial charge on any atom is 0.305 e. The first-order chi connectivity index (χ1) is 41.2. The van der Waals surface area contributed by atoms with Crippen LogP contribution in [0.2, 0.25) is 0 Å². The van der Waals surface area contributed by atoms with Crippen molar-refractivity contribution < 1.29 is 49.3 Å². The van der Waals surface area contributed by atoms with E-state index >= 15 is 0 Å². The number of carbonyl (C=O) groups is 2. The first kappa shape index (κ1) is 80.4. The largest absolute Gasteiger partial charge is 0.466 e. The fourth-order valence-electron chi connectivity index (χ4n) is 12.1. The van der Waals surface area contributed by atoms with Crippen molar-refractivity contribution in [2.75, 3.05) is 19.8 Å². The number of amides is 1. The minimum Gasteiger partial charge on any atom is -0.466 e. The van der Waals surface area contributed by atoms with Crippen LogP contribution < -0.4 is 5.32 Å². The topological polar surface area (TPSA) is 175 Å². The van der Waals surface area contributed by atoms with Crippen molar-refractivity contribution >= 4 is 11.9 Å². The van der Waals surface area contributed by atoms with Crippen LogP contribution in [0.4, 0.5) is 0 Å². The number of aliphatic hydroxyl groups is 5. The van der Waals surface area contributed by atoms with Crippen molar-refractivity contribution in [2.24, 2.45) is 0 Å². The van der Waals surface area contributed by atoms with E-state index in [9.17, 15) is 35.1 Å². The van der Waals surface area contributed by atoms with Crippen molar-refractivity contribution in [1.82, 2.24) is 5.32 Å². The highest BCUT2D eigenvalue weighted by molar-refractivity contribution is 5.76. The molecule has 1 aliphatic rings. The minimum atomic E-state index is -1.57. The maximum atomic E-state index is 13.0. The van der Waals surface area contributed by atoms with Crippen molar-refractivity contribution in [3.63, 3.8) is 0 Å². The molecule has 498 valence electrons. The zero-order valence-corrected chi connectivity index (χ0v) is 55.4. The summed E-state index contributed by atoms with van der Waals surface area (Å²) < 4.78 is 16.7. The lowest BCUT2D eigenvalue weighted by atomic mass is 9.99. The molecule has 0 aromatic heterocycles. The zero-order chi connectivity index (χ0) is 60.9. The molecule has 0 radical (unpaired) electrons. The Morgan fingerprint density at radius 1 is 0.429 bits per heavy atom. The molecule has 84 heavy (non-hydrogen) atoms. The van der Waals surface area contributed by atoms with Crippen molar-refractivity contribution in [1.29, 1.82) is 0 Å². The van der Waals surface area contributed by atoms with E-state index in [1.54, 1.807) is 6.08 Å². The van der Waals surface area contributed by atoms with E-state index in [1.165, 1.54) is 302 Å². The molecule has 7 unspecified atom stereocenters. The van der Waals surface area contributed by atoms with Gasteiger partial charge in [0.1, 0.15) is 24.4 Å². The van der Waals surface area contributed by atoms with Crippen LogP contribution in [-0.4, -0.2) is 100 Å². The highest BCUT2D eigenvalue weighted by Gasteiger charge is 2.44. The van der Waals surface area contributed by atoms with Crippen LogP contribution >= 0.6 is 0 Å². The third-order valence-electron chi connectivity index (χ3n) is 17.9. The van der Waals surface area contributed by atoms with Crippen LogP contribution in [0.25, 0.3) is 0 Å². The Morgan fingerprint density at radius 3 is 1.11 bits per heavy atom. The van der Waals surface area contributed by atoms with E-state index in [2.05, 4.69) is 19.2 Å². The summed E-state index contributed by atoms with van der Waals surface area (Å²) in [7, 11) is 0. The standard InChI is InChI=1S/C73H141NO10/c1-3-5-7-9-11-13-14-15-16-17-32-35-38-41-45-49-53-57-61-69(78)82-62-58-54-50-46-42-39-36-33-30-28-26-24-22-20-18-19-21-23-25-27-29-31-34-37-40-44-48-52-56-60-68(77)74-65(66(76)59-55-51-47-43-12-10-8-6-4-2)64-83-73-72(81)71(80)70(79)67(63-75)84-73/h55,59,65-67,70-73,75-76,79-81H,3-54,56-58,60-64H2,1-2H3,(H,74,77)/b59-55+. The number of unbranched alkanes of at least 4 members (excludes halogenated alkanes) is 52. The molecule has 0 bridgehead atoms. The van der Waals surface area contributed by atoms with Gasteiger partial charge in [0.2, 0.25) is 5.91 Å². The van der Waals surface area contributed by atoms with Crippen LogP contribution in [0.15, 0.2) is 12.2 Å². The molecule has 1 heterocycles. The summed E-state index contributed by atoms with van der Waals surface area (Å²) in [6, 6.07) is -0.805. The summed E-state index contributed by atoms with van der Waals surface area (Å²) in [5, 5.41) is 54.3. The molecular formula is C73H141NO10. The Kier molecular flexibility index (Phi) is 60.3. The predicted molar refractivity (Wildman–Crippen MR) is 352 cm³/mol. The van der Waals surface area contributed by atoms with Gasteiger partial charge in [-0.2, -0.15) is 0 Å². The summed E-state index contributed by atoms with van der Waals surface area (Å²) in [6.45, 7) is 4.37. The van der Waals surface area contributed by atoms with Gasteiger partial charge in [-0.25, -0.2) is 0 Å². The van der Waals surface area contributed by atoms with E-state index in [-0.39, 0.29) is 18.5 Å². The van der Waals surface area contributed by atoms with Crippen LogP contribution in [0.3, 0.4) is 0 Å². The van der Waals surface area contributed by atoms with E-state index in [0.717, 1.165) is 51.4 Å². The van der Waals surface area contributed by atoms with Crippen molar-refractivity contribution in [3.05, 3.63) is 12.2 Å². The Hall–Kier alpha value is -1.60. The number of carbonyl (C=O) groups excluding carboxylic acids is 2. The maximum absolute atomic E-state index is 13.0. The summed E-state index contributed by atoms with van der Waals surface area (Å²) in [5.74, 6) is -0.162. The van der Waals surface area contributed by atoms with E-state index in [0.29, 0.717) is 19.4 Å². The summed E-state index contributed by atoms with van der Waals surface area (Å²) in [4.78, 5) is 25.1. The molecule has 6 N–H and O–H groups in total. The Balaban J connectivity index is 1.87. The first-order valence-electron chi connectivity index (χ1n) is 37.0. The molecule has 11 nitrogen and oxygen atoms in total. The van der Waals surface area contributed by atoms with Gasteiger partial charge >= 0.3 is 5.97 Å². The second kappa shape index (κ2) is 63.0. The number of esters is 1. The molecule has 0 saturated carbocycles. The van der Waals surface area contributed by atoms with Gasteiger partial charge in [0.05, 0.1) is 32.0 Å². The molecule has 0 spiro atoms. The Morgan fingerprint density at radius 2 is 0.750 bits per heavy atom. The van der Waals surface area contributed by atoms with E-state index in [1.807, 2.05) is 6.08 Å².